The van der Waals surface area contributed by atoms with Crippen molar-refractivity contribution < 1.29 is 17.0 Å². The summed E-state index contributed by atoms with van der Waals surface area (Å²) in [6.07, 6.45) is 7.25. The van der Waals surface area contributed by atoms with Gasteiger partial charge in [-0.1, -0.05) is 6.58 Å². The highest BCUT2D eigenvalue weighted by Crippen LogP contribution is 1.65. The summed E-state index contributed by atoms with van der Waals surface area (Å²) in [7, 11) is 0. The first-order valence-corrected chi connectivity index (χ1v) is 2.09. The predicted molar refractivity (Wildman–Crippen MR) is 41.9 cm³/mol. The third-order valence-electron chi connectivity index (χ3n) is 0.777. The molecule has 0 aliphatic rings. The fraction of sp³-hybridized carbons (Fsp3) is 0. The maximum Gasteiger partial charge on any atom is 0.246 e. The maximum absolute atomic E-state index is 3.55. The normalized spacial score (nSPS) is 6.00. The molecule has 0 aliphatic heterocycles. The second-order valence-electron chi connectivity index (χ2n) is 1.24. The Bertz CT molecular complexity index is 150. The van der Waals surface area contributed by atoms with Gasteiger partial charge in [0.15, 0.2) is 0 Å². The molecular weight excluding hydrogens is 194 g/mol. The lowest BCUT2D eigenvalue weighted by molar-refractivity contribution is -0.566. The smallest absolute Gasteiger partial charge is 0.246 e. The molecule has 60 valence electrons. The van der Waals surface area contributed by atoms with Crippen molar-refractivity contribution in [2.45, 2.75) is 0 Å². The first-order valence-electron chi connectivity index (χ1n) is 2.09. The number of rotatable bonds is 1. The van der Waals surface area contributed by atoms with Gasteiger partial charge in [-0.05, 0) is 0 Å². The molecule has 0 aromatic carbocycles. The lowest BCUT2D eigenvalue weighted by atomic mass is 10.9. The molecule has 0 fully saturated rings. The highest BCUT2D eigenvalue weighted by Gasteiger charge is 1.82. The van der Waals surface area contributed by atoms with Crippen LogP contribution in [0.4, 0.5) is 0 Å². The summed E-state index contributed by atoms with van der Waals surface area (Å²) >= 11 is 0. The number of nitrogens with one attached hydrogen (secondary N) is 1. The van der Waals surface area contributed by atoms with E-state index in [4.69, 9.17) is 0 Å². The van der Waals surface area contributed by atoms with E-state index in [1.165, 1.54) is 0 Å². The Balaban J connectivity index is -0.000000163. The molecule has 1 heterocycles. The van der Waals surface area contributed by atoms with E-state index < -0.39 is 0 Å². The second-order valence-corrected chi connectivity index (χ2v) is 1.24. The van der Waals surface area contributed by atoms with E-state index in [2.05, 4.69) is 11.6 Å². The average Bonchev–Trinajstić information content (AvgIpc) is 2.14. The van der Waals surface area contributed by atoms with Gasteiger partial charge in [0.25, 0.3) is 0 Å². The van der Waals surface area contributed by atoms with Crippen molar-refractivity contribution in [3.8, 4) is 0 Å². The van der Waals surface area contributed by atoms with Crippen LogP contribution in [0.5, 0.6) is 0 Å². The molecule has 0 amide bonds. The third-order valence-corrected chi connectivity index (χ3v) is 0.777. The van der Waals surface area contributed by atoms with E-state index in [1.54, 1.807) is 6.20 Å². The number of halogens is 3. The third kappa shape index (κ3) is 4.68. The van der Waals surface area contributed by atoms with Gasteiger partial charge in [0.2, 0.25) is 6.33 Å². The largest absolute Gasteiger partial charge is 1.00 e. The van der Waals surface area contributed by atoms with Gasteiger partial charge in [-0.2, -0.15) is 0 Å². The fourth-order valence-corrected chi connectivity index (χ4v) is 0.415. The fourth-order valence-electron chi connectivity index (χ4n) is 0.415. The van der Waals surface area contributed by atoms with Crippen molar-refractivity contribution in [3.05, 3.63) is 25.3 Å². The summed E-state index contributed by atoms with van der Waals surface area (Å²) in [6, 6.07) is 0. The standard InChI is InChI=1S/C5H6N2.3ClH/c1-2-7-4-3-6-5-7;;;/h2-5H,1H2;3*1H. The molecule has 0 atom stereocenters. The van der Waals surface area contributed by atoms with Crippen molar-refractivity contribution in [1.82, 2.24) is 4.98 Å². The van der Waals surface area contributed by atoms with E-state index in [9.17, 15) is 0 Å². The van der Waals surface area contributed by atoms with Gasteiger partial charge in [0.05, 0.1) is 6.20 Å². The Morgan fingerprint density at radius 3 is 2.20 bits per heavy atom. The molecular formula is C5H9Cl3N2. The van der Waals surface area contributed by atoms with Crippen molar-refractivity contribution in [2.75, 3.05) is 0 Å². The molecule has 1 aromatic rings. The van der Waals surface area contributed by atoms with Crippen LogP contribution in [-0.4, -0.2) is 4.98 Å². The highest BCUT2D eigenvalue weighted by atomic mass is 35.5. The Labute approximate surface area is 78.6 Å². The Hall–Kier alpha value is -0.180. The Morgan fingerprint density at radius 1 is 1.40 bits per heavy atom. The van der Waals surface area contributed by atoms with Crippen LogP contribution in [0, 0.1) is 0 Å². The van der Waals surface area contributed by atoms with Gasteiger partial charge in [0, 0.05) is 0 Å². The molecule has 5 heteroatoms. The van der Waals surface area contributed by atoms with Crippen LogP contribution in [0.25, 0.3) is 6.20 Å². The molecule has 0 saturated carbocycles. The number of aromatic amines is 1. The van der Waals surface area contributed by atoms with Crippen LogP contribution in [0.2, 0.25) is 0 Å². The zero-order valence-corrected chi connectivity index (χ0v) is 7.55. The van der Waals surface area contributed by atoms with Gasteiger partial charge in [-0.25, -0.2) is 9.55 Å². The summed E-state index contributed by atoms with van der Waals surface area (Å²) in [5.74, 6) is 0. The number of hydrogen-bond acceptors (Lipinski definition) is 0. The van der Waals surface area contributed by atoms with Gasteiger partial charge < -0.3 is 12.4 Å². The van der Waals surface area contributed by atoms with Crippen LogP contribution in [-0.2, 0) is 0 Å². The number of imidazole rings is 1. The first-order chi connectivity index (χ1) is 3.43. The number of aromatic nitrogens is 2. The molecule has 2 nitrogen and oxygen atoms in total. The minimum absolute atomic E-state index is 0. The Morgan fingerprint density at radius 2 is 2.00 bits per heavy atom. The van der Waals surface area contributed by atoms with Crippen molar-refractivity contribution in [2.24, 2.45) is 0 Å². The van der Waals surface area contributed by atoms with Gasteiger partial charge in [0.1, 0.15) is 12.4 Å². The number of nitrogens with zero attached hydrogens (tertiary/aromatic N) is 1. The van der Waals surface area contributed by atoms with Crippen LogP contribution < -0.4 is 17.0 Å². The van der Waals surface area contributed by atoms with Crippen LogP contribution in [0.1, 0.15) is 0 Å². The minimum Gasteiger partial charge on any atom is -1.00 e. The van der Waals surface area contributed by atoms with Crippen LogP contribution in [0.15, 0.2) is 25.3 Å². The van der Waals surface area contributed by atoms with E-state index >= 15 is 0 Å². The number of hydrogen-bond donors (Lipinski definition) is 1. The minimum atomic E-state index is 0. The van der Waals surface area contributed by atoms with E-state index in [0.717, 1.165) is 0 Å². The molecule has 0 saturated heterocycles. The topological polar surface area (TPSA) is 19.7 Å². The van der Waals surface area contributed by atoms with Gasteiger partial charge in [-0.15, -0.1) is 24.8 Å². The van der Waals surface area contributed by atoms with Crippen LogP contribution >= 0.6 is 24.8 Å². The molecule has 0 radical (unpaired) electrons. The quantitative estimate of drug-likeness (QED) is 0.523. The van der Waals surface area contributed by atoms with Crippen LogP contribution in [0.3, 0.4) is 0 Å². The lowest BCUT2D eigenvalue weighted by Crippen LogP contribution is -3.00. The summed E-state index contributed by atoms with van der Waals surface area (Å²) in [5.41, 5.74) is 0. The molecule has 10 heavy (non-hydrogen) atoms. The lowest BCUT2D eigenvalue weighted by Gasteiger charge is -1.70. The molecule has 1 rings (SSSR count). The van der Waals surface area contributed by atoms with Crippen molar-refractivity contribution in [1.29, 1.82) is 0 Å². The van der Waals surface area contributed by atoms with E-state index in [-0.39, 0.29) is 37.2 Å². The summed E-state index contributed by atoms with van der Waals surface area (Å²) < 4.78 is 1.83. The second kappa shape index (κ2) is 8.82. The first kappa shape index (κ1) is 16.4. The summed E-state index contributed by atoms with van der Waals surface area (Å²) in [6.45, 7) is 3.55. The van der Waals surface area contributed by atoms with E-state index in [1.807, 2.05) is 23.3 Å². The molecule has 0 unspecified atom stereocenters. The van der Waals surface area contributed by atoms with Crippen molar-refractivity contribution in [3.63, 3.8) is 0 Å². The SMILES string of the molecule is C=C[n+]1cc[nH]c1.Cl.Cl.[Cl-]. The Kier molecular flexibility index (Phi) is 14.5. The monoisotopic (exact) mass is 202 g/mol. The van der Waals surface area contributed by atoms with Crippen molar-refractivity contribution >= 4 is 31.0 Å². The summed E-state index contributed by atoms with van der Waals surface area (Å²) in [4.78, 5) is 2.87. The summed E-state index contributed by atoms with van der Waals surface area (Å²) in [5, 5.41) is 0. The molecule has 0 spiro atoms. The average molecular weight is 204 g/mol. The zero-order valence-electron chi connectivity index (χ0n) is 5.16. The zero-order chi connectivity index (χ0) is 5.11. The predicted octanol–water partition coefficient (Wildman–Crippen LogP) is -1.75. The number of H-pyrrole nitrogens is 1. The molecule has 1 aromatic heterocycles. The van der Waals surface area contributed by atoms with Gasteiger partial charge >= 0.3 is 0 Å². The molecule has 0 bridgehead atoms. The van der Waals surface area contributed by atoms with E-state index in [0.29, 0.717) is 0 Å². The molecule has 1 N–H and O–H groups in total. The van der Waals surface area contributed by atoms with Gasteiger partial charge in [-0.3, -0.25) is 0 Å². The highest BCUT2D eigenvalue weighted by molar-refractivity contribution is 5.85. The molecule has 0 aliphatic carbocycles. The maximum atomic E-state index is 3.55.